The molecule has 3 nitrogen and oxygen atoms in total. The van der Waals surface area contributed by atoms with Gasteiger partial charge >= 0.3 is 0 Å². The van der Waals surface area contributed by atoms with Crippen LogP contribution in [-0.2, 0) is 13.5 Å². The molecule has 1 aromatic heterocycles. The van der Waals surface area contributed by atoms with Crippen LogP contribution in [0.2, 0.25) is 0 Å². The standard InChI is InChI=1S/C10H17BrN2O/c1-7(2)14-10-9(5-6-11)8(3)12-13(10)4/h7H,5-6H2,1-4H3. The fourth-order valence-corrected chi connectivity index (χ4v) is 1.83. The Morgan fingerprint density at radius 2 is 2.14 bits per heavy atom. The number of aromatic nitrogens is 2. The zero-order valence-corrected chi connectivity index (χ0v) is 10.8. The number of aryl methyl sites for hydroxylation is 2. The smallest absolute Gasteiger partial charge is 0.215 e. The van der Waals surface area contributed by atoms with Gasteiger partial charge in [0.25, 0.3) is 0 Å². The Kier molecular flexibility index (Phi) is 3.98. The fraction of sp³-hybridized carbons (Fsp3) is 0.700. The van der Waals surface area contributed by atoms with Crippen LogP contribution in [0.5, 0.6) is 5.88 Å². The van der Waals surface area contributed by atoms with Gasteiger partial charge in [-0.2, -0.15) is 5.10 Å². The molecule has 14 heavy (non-hydrogen) atoms. The molecule has 0 fully saturated rings. The molecule has 0 unspecified atom stereocenters. The molecule has 1 aromatic rings. The summed E-state index contributed by atoms with van der Waals surface area (Å²) in [4.78, 5) is 0. The summed E-state index contributed by atoms with van der Waals surface area (Å²) in [5.74, 6) is 0.900. The van der Waals surface area contributed by atoms with Gasteiger partial charge < -0.3 is 4.74 Å². The number of alkyl halides is 1. The highest BCUT2D eigenvalue weighted by Gasteiger charge is 2.14. The minimum atomic E-state index is 0.193. The van der Waals surface area contributed by atoms with Crippen LogP contribution in [-0.4, -0.2) is 21.2 Å². The highest BCUT2D eigenvalue weighted by Crippen LogP contribution is 2.23. The van der Waals surface area contributed by atoms with Crippen LogP contribution < -0.4 is 4.74 Å². The third kappa shape index (κ3) is 2.50. The highest BCUT2D eigenvalue weighted by atomic mass is 79.9. The summed E-state index contributed by atoms with van der Waals surface area (Å²) in [7, 11) is 1.92. The van der Waals surface area contributed by atoms with Crippen molar-refractivity contribution in [2.75, 3.05) is 5.33 Å². The minimum absolute atomic E-state index is 0.193. The number of halogens is 1. The average Bonchev–Trinajstić information content (AvgIpc) is 2.31. The first-order valence-corrected chi connectivity index (χ1v) is 5.93. The van der Waals surface area contributed by atoms with Crippen molar-refractivity contribution < 1.29 is 4.74 Å². The van der Waals surface area contributed by atoms with E-state index in [2.05, 4.69) is 21.0 Å². The average molecular weight is 261 g/mol. The van der Waals surface area contributed by atoms with E-state index in [1.165, 1.54) is 5.56 Å². The molecule has 0 radical (unpaired) electrons. The second-order valence-corrected chi connectivity index (χ2v) is 4.39. The lowest BCUT2D eigenvalue weighted by Crippen LogP contribution is -2.10. The molecular formula is C10H17BrN2O. The minimum Gasteiger partial charge on any atom is -0.475 e. The summed E-state index contributed by atoms with van der Waals surface area (Å²) in [6.45, 7) is 6.08. The van der Waals surface area contributed by atoms with Gasteiger partial charge in [0, 0.05) is 17.9 Å². The SMILES string of the molecule is Cc1nn(C)c(OC(C)C)c1CCBr. The lowest BCUT2D eigenvalue weighted by atomic mass is 10.2. The summed E-state index contributed by atoms with van der Waals surface area (Å²) in [6, 6.07) is 0. The van der Waals surface area contributed by atoms with Gasteiger partial charge in [0.15, 0.2) is 0 Å². The van der Waals surface area contributed by atoms with E-state index in [9.17, 15) is 0 Å². The monoisotopic (exact) mass is 260 g/mol. The summed E-state index contributed by atoms with van der Waals surface area (Å²) >= 11 is 3.44. The third-order valence-electron chi connectivity index (χ3n) is 1.98. The van der Waals surface area contributed by atoms with E-state index in [0.717, 1.165) is 23.3 Å². The van der Waals surface area contributed by atoms with Gasteiger partial charge in [0.05, 0.1) is 11.8 Å². The number of hydrogen-bond acceptors (Lipinski definition) is 2. The van der Waals surface area contributed by atoms with Crippen LogP contribution in [0, 0.1) is 6.92 Å². The van der Waals surface area contributed by atoms with Crippen molar-refractivity contribution >= 4 is 15.9 Å². The highest BCUT2D eigenvalue weighted by molar-refractivity contribution is 9.09. The van der Waals surface area contributed by atoms with Crippen LogP contribution in [0.3, 0.4) is 0 Å². The van der Waals surface area contributed by atoms with Crippen molar-refractivity contribution in [3.05, 3.63) is 11.3 Å². The van der Waals surface area contributed by atoms with Crippen LogP contribution in [0.15, 0.2) is 0 Å². The molecule has 1 heterocycles. The predicted molar refractivity (Wildman–Crippen MR) is 61.2 cm³/mol. The summed E-state index contributed by atoms with van der Waals surface area (Å²) in [6.07, 6.45) is 1.15. The number of nitrogens with zero attached hydrogens (tertiary/aromatic N) is 2. The van der Waals surface area contributed by atoms with Gasteiger partial charge in [-0.25, -0.2) is 4.68 Å². The Bertz CT molecular complexity index is 307. The zero-order valence-electron chi connectivity index (χ0n) is 9.17. The normalized spacial score (nSPS) is 11.0. The van der Waals surface area contributed by atoms with Gasteiger partial charge in [0.2, 0.25) is 5.88 Å². The molecule has 0 bridgehead atoms. The largest absolute Gasteiger partial charge is 0.475 e. The fourth-order valence-electron chi connectivity index (χ4n) is 1.43. The number of hydrogen-bond donors (Lipinski definition) is 0. The van der Waals surface area contributed by atoms with E-state index in [4.69, 9.17) is 4.74 Å². The van der Waals surface area contributed by atoms with E-state index in [1.807, 2.05) is 32.5 Å². The van der Waals surface area contributed by atoms with E-state index in [-0.39, 0.29) is 6.10 Å². The Morgan fingerprint density at radius 1 is 1.50 bits per heavy atom. The Labute approximate surface area is 93.6 Å². The molecule has 0 N–H and O–H groups in total. The Hall–Kier alpha value is -0.510. The number of ether oxygens (including phenoxy) is 1. The van der Waals surface area contributed by atoms with E-state index < -0.39 is 0 Å². The second kappa shape index (κ2) is 4.82. The van der Waals surface area contributed by atoms with Gasteiger partial charge in [-0.15, -0.1) is 0 Å². The van der Waals surface area contributed by atoms with Crippen molar-refractivity contribution in [3.8, 4) is 5.88 Å². The first-order chi connectivity index (χ1) is 6.56. The van der Waals surface area contributed by atoms with Crippen LogP contribution >= 0.6 is 15.9 Å². The summed E-state index contributed by atoms with van der Waals surface area (Å²) < 4.78 is 7.54. The van der Waals surface area contributed by atoms with E-state index in [1.54, 1.807) is 0 Å². The summed E-state index contributed by atoms with van der Waals surface area (Å²) in [5.41, 5.74) is 2.26. The first-order valence-electron chi connectivity index (χ1n) is 4.81. The molecule has 0 atom stereocenters. The van der Waals surface area contributed by atoms with Crippen LogP contribution in [0.1, 0.15) is 25.1 Å². The Balaban J connectivity index is 2.98. The van der Waals surface area contributed by atoms with Crippen molar-refractivity contribution in [2.45, 2.75) is 33.3 Å². The lowest BCUT2D eigenvalue weighted by Gasteiger charge is -2.11. The molecule has 0 aliphatic heterocycles. The van der Waals surface area contributed by atoms with Crippen LogP contribution in [0.25, 0.3) is 0 Å². The summed E-state index contributed by atoms with van der Waals surface area (Å²) in [5, 5.41) is 5.29. The molecule has 0 amide bonds. The lowest BCUT2D eigenvalue weighted by molar-refractivity contribution is 0.219. The van der Waals surface area contributed by atoms with Crippen molar-refractivity contribution in [1.29, 1.82) is 0 Å². The molecular weight excluding hydrogens is 244 g/mol. The number of rotatable bonds is 4. The van der Waals surface area contributed by atoms with Crippen molar-refractivity contribution in [3.63, 3.8) is 0 Å². The first kappa shape index (κ1) is 11.6. The van der Waals surface area contributed by atoms with Crippen molar-refractivity contribution in [1.82, 2.24) is 9.78 Å². The topological polar surface area (TPSA) is 27.1 Å². The van der Waals surface area contributed by atoms with Gasteiger partial charge in [-0.3, -0.25) is 0 Å². The maximum atomic E-state index is 5.73. The second-order valence-electron chi connectivity index (χ2n) is 3.60. The molecule has 0 saturated heterocycles. The Morgan fingerprint density at radius 3 is 2.64 bits per heavy atom. The molecule has 0 saturated carbocycles. The molecule has 0 spiro atoms. The van der Waals surface area contributed by atoms with E-state index >= 15 is 0 Å². The maximum Gasteiger partial charge on any atom is 0.215 e. The van der Waals surface area contributed by atoms with Crippen molar-refractivity contribution in [2.24, 2.45) is 7.05 Å². The maximum absolute atomic E-state index is 5.73. The van der Waals surface area contributed by atoms with Gasteiger partial charge in [-0.1, -0.05) is 15.9 Å². The molecule has 80 valence electrons. The zero-order chi connectivity index (χ0) is 10.7. The quantitative estimate of drug-likeness (QED) is 0.778. The molecule has 4 heteroatoms. The molecule has 1 rings (SSSR count). The molecule has 0 aliphatic rings. The molecule has 0 aromatic carbocycles. The van der Waals surface area contributed by atoms with E-state index in [0.29, 0.717) is 0 Å². The van der Waals surface area contributed by atoms with Gasteiger partial charge in [0.1, 0.15) is 0 Å². The van der Waals surface area contributed by atoms with Crippen LogP contribution in [0.4, 0.5) is 0 Å². The molecule has 0 aliphatic carbocycles. The predicted octanol–water partition coefficient (Wildman–Crippen LogP) is 2.45. The third-order valence-corrected chi connectivity index (χ3v) is 2.38. The van der Waals surface area contributed by atoms with Gasteiger partial charge in [-0.05, 0) is 27.2 Å².